The monoisotopic (exact) mass is 401 g/mol. The minimum absolute atomic E-state index is 0.842. The summed E-state index contributed by atoms with van der Waals surface area (Å²) in [7, 11) is 0. The zero-order valence-electron chi connectivity index (χ0n) is 17.2. The van der Waals surface area contributed by atoms with Crippen LogP contribution in [0.3, 0.4) is 0 Å². The summed E-state index contributed by atoms with van der Waals surface area (Å²) in [4.78, 5) is 4.99. The van der Waals surface area contributed by atoms with Crippen molar-refractivity contribution in [1.29, 1.82) is 0 Å². The lowest BCUT2D eigenvalue weighted by molar-refractivity contribution is 0.297. The molecular weight excluding hydrogens is 362 g/mol. The Morgan fingerprint density at radius 2 is 1.62 bits per heavy atom. The first-order valence-corrected chi connectivity index (χ1v) is 12.4. The minimum atomic E-state index is 0.842. The van der Waals surface area contributed by atoms with Crippen LogP contribution in [0.25, 0.3) is 0 Å². The molecule has 0 spiro atoms. The average Bonchev–Trinajstić information content (AvgIpc) is 3.09. The van der Waals surface area contributed by atoms with Gasteiger partial charge in [-0.3, -0.25) is 10.00 Å². The average molecular weight is 402 g/mol. The molecule has 0 unspecified atom stereocenters. The molecular formula is C19H39N5S2. The van der Waals surface area contributed by atoms with Crippen LogP contribution >= 0.6 is 23.5 Å². The molecule has 0 aliphatic heterocycles. The van der Waals surface area contributed by atoms with Gasteiger partial charge in [-0.2, -0.15) is 28.6 Å². The van der Waals surface area contributed by atoms with E-state index in [9.17, 15) is 0 Å². The molecule has 0 fully saturated rings. The van der Waals surface area contributed by atoms with E-state index in [0.29, 0.717) is 0 Å². The fourth-order valence-electron chi connectivity index (χ4n) is 2.76. The number of hydrogen-bond donors (Lipinski definition) is 2. The molecule has 0 aliphatic carbocycles. The van der Waals surface area contributed by atoms with E-state index >= 15 is 0 Å². The molecule has 1 heterocycles. The zero-order chi connectivity index (χ0) is 19.0. The van der Waals surface area contributed by atoms with Crippen molar-refractivity contribution >= 4 is 23.5 Å². The molecule has 5 nitrogen and oxygen atoms in total. The molecule has 7 heteroatoms. The van der Waals surface area contributed by atoms with Crippen LogP contribution in [0.5, 0.6) is 0 Å². The van der Waals surface area contributed by atoms with Crippen molar-refractivity contribution < 1.29 is 0 Å². The van der Waals surface area contributed by atoms with Crippen LogP contribution in [0.1, 0.15) is 39.1 Å². The van der Waals surface area contributed by atoms with Gasteiger partial charge in [-0.05, 0) is 30.7 Å². The van der Waals surface area contributed by atoms with Gasteiger partial charge in [-0.25, -0.2) is 0 Å². The third-order valence-electron chi connectivity index (χ3n) is 4.40. The van der Waals surface area contributed by atoms with Crippen molar-refractivity contribution in [3.63, 3.8) is 0 Å². The number of hydrogen-bond acceptors (Lipinski definition) is 6. The Kier molecular flexibility index (Phi) is 14.5. The van der Waals surface area contributed by atoms with Crippen molar-refractivity contribution in [2.45, 2.75) is 40.8 Å². The maximum Gasteiger partial charge on any atom is 0.0763 e. The number of thioether (sulfide) groups is 2. The van der Waals surface area contributed by atoms with Gasteiger partial charge >= 0.3 is 0 Å². The van der Waals surface area contributed by atoms with Crippen molar-refractivity contribution in [1.82, 2.24) is 25.3 Å². The highest BCUT2D eigenvalue weighted by atomic mass is 32.2. The van der Waals surface area contributed by atoms with Gasteiger partial charge in [0, 0.05) is 56.5 Å². The van der Waals surface area contributed by atoms with E-state index in [1.807, 2.05) is 23.5 Å². The van der Waals surface area contributed by atoms with E-state index in [0.717, 1.165) is 58.1 Å². The van der Waals surface area contributed by atoms with Crippen molar-refractivity contribution in [2.75, 3.05) is 62.3 Å². The summed E-state index contributed by atoms with van der Waals surface area (Å²) in [5.74, 6) is 4.82. The van der Waals surface area contributed by atoms with Crippen LogP contribution in [0.15, 0.2) is 6.07 Å². The predicted molar refractivity (Wildman–Crippen MR) is 119 cm³/mol. The first-order valence-electron chi connectivity index (χ1n) is 10.1. The Morgan fingerprint density at radius 1 is 0.962 bits per heavy atom. The molecule has 0 radical (unpaired) electrons. The Bertz CT molecular complexity index is 427. The Labute approximate surface area is 169 Å². The summed E-state index contributed by atoms with van der Waals surface area (Å²) in [6.07, 6.45) is 0. The summed E-state index contributed by atoms with van der Waals surface area (Å²) in [6, 6.07) is 2.22. The van der Waals surface area contributed by atoms with E-state index in [-0.39, 0.29) is 0 Å². The van der Waals surface area contributed by atoms with Gasteiger partial charge in [0.2, 0.25) is 0 Å². The van der Waals surface area contributed by atoms with Crippen LogP contribution in [0.4, 0.5) is 0 Å². The SMILES string of the molecule is CCSCCN(CCSCC)Cc1cc(CNCCN(CC)CC)n[nH]1. The zero-order valence-corrected chi connectivity index (χ0v) is 18.9. The molecule has 0 bridgehead atoms. The molecule has 0 aromatic carbocycles. The van der Waals surface area contributed by atoms with E-state index in [1.54, 1.807) is 0 Å². The second-order valence-corrected chi connectivity index (χ2v) is 9.05. The van der Waals surface area contributed by atoms with Gasteiger partial charge in [-0.1, -0.05) is 27.7 Å². The topological polar surface area (TPSA) is 47.2 Å². The van der Waals surface area contributed by atoms with Gasteiger partial charge in [0.15, 0.2) is 0 Å². The lowest BCUT2D eigenvalue weighted by atomic mass is 10.3. The maximum atomic E-state index is 4.48. The lowest BCUT2D eigenvalue weighted by Crippen LogP contribution is -2.31. The van der Waals surface area contributed by atoms with E-state index < -0.39 is 0 Å². The fourth-order valence-corrected chi connectivity index (χ4v) is 4.11. The summed E-state index contributed by atoms with van der Waals surface area (Å²) < 4.78 is 0. The first-order chi connectivity index (χ1) is 12.7. The second-order valence-electron chi connectivity index (χ2n) is 6.26. The molecule has 1 rings (SSSR count). The number of nitrogens with zero attached hydrogens (tertiary/aromatic N) is 3. The Balaban J connectivity index is 2.36. The van der Waals surface area contributed by atoms with Crippen LogP contribution in [0.2, 0.25) is 0 Å². The summed E-state index contributed by atoms with van der Waals surface area (Å²) >= 11 is 4.05. The number of aromatic nitrogens is 2. The summed E-state index contributed by atoms with van der Waals surface area (Å²) in [5.41, 5.74) is 2.35. The second kappa shape index (κ2) is 15.8. The van der Waals surface area contributed by atoms with Gasteiger partial charge in [0.1, 0.15) is 0 Å². The van der Waals surface area contributed by atoms with Crippen LogP contribution in [-0.4, -0.2) is 82.3 Å². The van der Waals surface area contributed by atoms with Crippen LogP contribution in [0, 0.1) is 0 Å². The molecule has 0 amide bonds. The smallest absolute Gasteiger partial charge is 0.0763 e. The van der Waals surface area contributed by atoms with Gasteiger partial charge in [0.25, 0.3) is 0 Å². The highest BCUT2D eigenvalue weighted by Crippen LogP contribution is 2.09. The third-order valence-corrected chi connectivity index (χ3v) is 6.15. The molecule has 1 aromatic rings. The standard InChI is InChI=1S/C19H39N5S2/c1-5-23(6-2)10-9-20-16-18-15-19(22-21-18)17-24(11-13-25-7-3)12-14-26-8-4/h15,20H,5-14,16-17H2,1-4H3,(H,21,22). The van der Waals surface area contributed by atoms with E-state index in [1.165, 1.54) is 28.7 Å². The molecule has 0 saturated heterocycles. The van der Waals surface area contributed by atoms with Gasteiger partial charge < -0.3 is 10.2 Å². The normalized spacial score (nSPS) is 11.8. The Hall–Kier alpha value is -0.210. The summed E-state index contributed by atoms with van der Waals surface area (Å²) in [6.45, 7) is 17.4. The molecule has 1 aromatic heterocycles. The number of rotatable bonds is 17. The van der Waals surface area contributed by atoms with Crippen molar-refractivity contribution in [2.24, 2.45) is 0 Å². The number of aromatic amines is 1. The van der Waals surface area contributed by atoms with Gasteiger partial charge in [0.05, 0.1) is 5.69 Å². The quantitative estimate of drug-likeness (QED) is 0.391. The highest BCUT2D eigenvalue weighted by Gasteiger charge is 2.09. The van der Waals surface area contributed by atoms with Crippen molar-refractivity contribution in [3.05, 3.63) is 17.5 Å². The predicted octanol–water partition coefficient (Wildman–Crippen LogP) is 3.15. The maximum absolute atomic E-state index is 4.48. The molecule has 152 valence electrons. The van der Waals surface area contributed by atoms with Crippen LogP contribution < -0.4 is 5.32 Å². The fraction of sp³-hybridized carbons (Fsp3) is 0.842. The third kappa shape index (κ3) is 10.8. The number of nitrogens with one attached hydrogen (secondary N) is 2. The highest BCUT2D eigenvalue weighted by molar-refractivity contribution is 7.99. The van der Waals surface area contributed by atoms with E-state index in [2.05, 4.69) is 59.1 Å². The number of likely N-dealkylation sites (N-methyl/N-ethyl adjacent to an activating group) is 1. The molecule has 2 N–H and O–H groups in total. The minimum Gasteiger partial charge on any atom is -0.310 e. The number of H-pyrrole nitrogens is 1. The van der Waals surface area contributed by atoms with E-state index in [4.69, 9.17) is 0 Å². The molecule has 0 atom stereocenters. The van der Waals surface area contributed by atoms with Gasteiger partial charge in [-0.15, -0.1) is 0 Å². The Morgan fingerprint density at radius 3 is 2.19 bits per heavy atom. The van der Waals surface area contributed by atoms with Crippen LogP contribution in [-0.2, 0) is 13.1 Å². The molecule has 26 heavy (non-hydrogen) atoms. The van der Waals surface area contributed by atoms with Crippen molar-refractivity contribution in [3.8, 4) is 0 Å². The lowest BCUT2D eigenvalue weighted by Gasteiger charge is -2.21. The molecule has 0 aliphatic rings. The largest absolute Gasteiger partial charge is 0.310 e. The summed E-state index contributed by atoms with van der Waals surface area (Å²) in [5, 5.41) is 11.2. The first kappa shape index (κ1) is 23.8. The molecule has 0 saturated carbocycles.